The molecule has 33 heavy (non-hydrogen) atoms. The minimum Gasteiger partial charge on any atom is -0.236 e. The number of aryl methyl sites for hydroxylation is 1. The summed E-state index contributed by atoms with van der Waals surface area (Å²) in [7, 11) is 0. The van der Waals surface area contributed by atoms with Crippen LogP contribution >= 0.6 is 0 Å². The SMILES string of the molecule is CCCCCCCCC1CCC(c2ccc(-c3ncc(CCCCCC)cn3)cc2F)CC1. The smallest absolute Gasteiger partial charge is 0.159 e. The maximum absolute atomic E-state index is 15.0. The zero-order valence-electron chi connectivity index (χ0n) is 21.1. The molecular weight excluding hydrogens is 407 g/mol. The largest absolute Gasteiger partial charge is 0.236 e. The molecule has 0 atom stereocenters. The summed E-state index contributed by atoms with van der Waals surface area (Å²) in [5, 5.41) is 0. The molecule has 2 aromatic rings. The van der Waals surface area contributed by atoms with Crippen LogP contribution in [0.4, 0.5) is 4.39 Å². The summed E-state index contributed by atoms with van der Waals surface area (Å²) >= 11 is 0. The molecule has 0 saturated heterocycles. The molecule has 2 nitrogen and oxygen atoms in total. The number of hydrogen-bond acceptors (Lipinski definition) is 2. The summed E-state index contributed by atoms with van der Waals surface area (Å²) in [6.07, 6.45) is 24.2. The topological polar surface area (TPSA) is 25.8 Å². The quantitative estimate of drug-likeness (QED) is 0.267. The second kappa shape index (κ2) is 14.5. The highest BCUT2D eigenvalue weighted by Crippen LogP contribution is 2.39. The third kappa shape index (κ3) is 8.50. The molecule has 0 radical (unpaired) electrons. The Morgan fingerprint density at radius 2 is 1.42 bits per heavy atom. The van der Waals surface area contributed by atoms with Crippen molar-refractivity contribution < 1.29 is 4.39 Å². The van der Waals surface area contributed by atoms with E-state index >= 15 is 4.39 Å². The molecular formula is C30H45FN2. The lowest BCUT2D eigenvalue weighted by Crippen LogP contribution is -2.14. The highest BCUT2D eigenvalue weighted by molar-refractivity contribution is 5.55. The Balaban J connectivity index is 1.46. The lowest BCUT2D eigenvalue weighted by molar-refractivity contribution is 0.298. The predicted molar refractivity (Wildman–Crippen MR) is 138 cm³/mol. The molecule has 0 bridgehead atoms. The molecule has 3 rings (SSSR count). The van der Waals surface area contributed by atoms with Gasteiger partial charge in [0.05, 0.1) is 0 Å². The molecule has 1 aliphatic carbocycles. The van der Waals surface area contributed by atoms with Crippen molar-refractivity contribution in [2.75, 3.05) is 0 Å². The molecule has 0 spiro atoms. The molecule has 1 heterocycles. The second-order valence-electron chi connectivity index (χ2n) is 10.2. The van der Waals surface area contributed by atoms with Gasteiger partial charge in [0, 0.05) is 18.0 Å². The fourth-order valence-corrected chi connectivity index (χ4v) is 5.36. The van der Waals surface area contributed by atoms with E-state index in [2.05, 4.69) is 23.8 Å². The van der Waals surface area contributed by atoms with Crippen molar-refractivity contribution in [2.45, 2.75) is 122 Å². The van der Waals surface area contributed by atoms with E-state index < -0.39 is 0 Å². The molecule has 0 aliphatic heterocycles. The van der Waals surface area contributed by atoms with Crippen molar-refractivity contribution in [3.05, 3.63) is 47.5 Å². The third-order valence-electron chi connectivity index (χ3n) is 7.54. The molecule has 3 heteroatoms. The molecule has 0 N–H and O–H groups in total. The van der Waals surface area contributed by atoms with Crippen LogP contribution in [0.5, 0.6) is 0 Å². The van der Waals surface area contributed by atoms with Crippen LogP contribution in [0.25, 0.3) is 11.4 Å². The van der Waals surface area contributed by atoms with Crippen molar-refractivity contribution >= 4 is 0 Å². The summed E-state index contributed by atoms with van der Waals surface area (Å²) in [5.74, 6) is 1.76. The van der Waals surface area contributed by atoms with Gasteiger partial charge in [0.25, 0.3) is 0 Å². The molecule has 0 amide bonds. The van der Waals surface area contributed by atoms with E-state index in [9.17, 15) is 0 Å². The van der Waals surface area contributed by atoms with Crippen LogP contribution in [0.2, 0.25) is 0 Å². The Hall–Kier alpha value is -1.77. The lowest BCUT2D eigenvalue weighted by atomic mass is 9.76. The first-order chi connectivity index (χ1) is 16.2. The van der Waals surface area contributed by atoms with Crippen molar-refractivity contribution in [2.24, 2.45) is 5.92 Å². The zero-order chi connectivity index (χ0) is 23.3. The van der Waals surface area contributed by atoms with Gasteiger partial charge in [-0.15, -0.1) is 0 Å². The monoisotopic (exact) mass is 452 g/mol. The molecule has 1 saturated carbocycles. The van der Waals surface area contributed by atoms with Crippen LogP contribution in [-0.2, 0) is 6.42 Å². The molecule has 1 aliphatic rings. The van der Waals surface area contributed by atoms with E-state index in [0.717, 1.165) is 36.3 Å². The van der Waals surface area contributed by atoms with E-state index in [1.54, 1.807) is 6.07 Å². The van der Waals surface area contributed by atoms with Gasteiger partial charge in [-0.2, -0.15) is 0 Å². The van der Waals surface area contributed by atoms with Gasteiger partial charge in [0.15, 0.2) is 5.82 Å². The Bertz CT molecular complexity index is 793. The van der Waals surface area contributed by atoms with Crippen LogP contribution in [0, 0.1) is 11.7 Å². The number of rotatable bonds is 14. The van der Waals surface area contributed by atoms with E-state index in [0.29, 0.717) is 11.7 Å². The first kappa shape index (κ1) is 25.8. The molecule has 1 aromatic carbocycles. The van der Waals surface area contributed by atoms with Gasteiger partial charge >= 0.3 is 0 Å². The van der Waals surface area contributed by atoms with Crippen LogP contribution < -0.4 is 0 Å². The summed E-state index contributed by atoms with van der Waals surface area (Å²) < 4.78 is 15.0. The Morgan fingerprint density at radius 3 is 2.09 bits per heavy atom. The van der Waals surface area contributed by atoms with Gasteiger partial charge in [-0.3, -0.25) is 0 Å². The molecule has 0 unspecified atom stereocenters. The summed E-state index contributed by atoms with van der Waals surface area (Å²) in [4.78, 5) is 9.03. The summed E-state index contributed by atoms with van der Waals surface area (Å²) in [6.45, 7) is 4.50. The Kier molecular flexibility index (Phi) is 11.3. The van der Waals surface area contributed by atoms with Gasteiger partial charge in [0.2, 0.25) is 0 Å². The van der Waals surface area contributed by atoms with Gasteiger partial charge in [-0.1, -0.05) is 90.2 Å². The first-order valence-electron chi connectivity index (χ1n) is 13.8. The van der Waals surface area contributed by atoms with Gasteiger partial charge in [-0.25, -0.2) is 14.4 Å². The highest BCUT2D eigenvalue weighted by atomic mass is 19.1. The summed E-state index contributed by atoms with van der Waals surface area (Å²) in [6, 6.07) is 5.65. The number of unbranched alkanes of at least 4 members (excludes halogenated alkanes) is 8. The van der Waals surface area contributed by atoms with Crippen molar-refractivity contribution in [3.8, 4) is 11.4 Å². The minimum absolute atomic E-state index is 0.0842. The van der Waals surface area contributed by atoms with Gasteiger partial charge in [0.1, 0.15) is 5.82 Å². The third-order valence-corrected chi connectivity index (χ3v) is 7.54. The number of nitrogens with zero attached hydrogens (tertiary/aromatic N) is 2. The number of hydrogen-bond donors (Lipinski definition) is 0. The molecule has 1 fully saturated rings. The van der Waals surface area contributed by atoms with Crippen LogP contribution in [0.3, 0.4) is 0 Å². The van der Waals surface area contributed by atoms with E-state index in [4.69, 9.17) is 0 Å². The summed E-state index contributed by atoms with van der Waals surface area (Å²) in [5.41, 5.74) is 2.85. The minimum atomic E-state index is -0.0842. The van der Waals surface area contributed by atoms with E-state index in [1.807, 2.05) is 24.5 Å². The number of halogens is 1. The second-order valence-corrected chi connectivity index (χ2v) is 10.2. The fourth-order valence-electron chi connectivity index (χ4n) is 5.36. The molecule has 1 aromatic heterocycles. The van der Waals surface area contributed by atoms with Crippen LogP contribution in [-0.4, -0.2) is 9.97 Å². The van der Waals surface area contributed by atoms with Crippen molar-refractivity contribution in [3.63, 3.8) is 0 Å². The van der Waals surface area contributed by atoms with Crippen LogP contribution in [0.15, 0.2) is 30.6 Å². The average Bonchev–Trinajstić information content (AvgIpc) is 2.85. The van der Waals surface area contributed by atoms with Crippen LogP contribution in [0.1, 0.15) is 127 Å². The van der Waals surface area contributed by atoms with Crippen molar-refractivity contribution in [1.82, 2.24) is 9.97 Å². The lowest BCUT2D eigenvalue weighted by Gasteiger charge is -2.29. The normalized spacial score (nSPS) is 18.5. The van der Waals surface area contributed by atoms with Gasteiger partial charge in [-0.05, 0) is 67.6 Å². The Labute approximate surface area is 201 Å². The molecule has 182 valence electrons. The first-order valence-corrected chi connectivity index (χ1v) is 13.8. The standard InChI is InChI=1S/C30H45FN2/c1-3-5-7-9-10-12-13-24-15-17-26(18-16-24)28-20-19-27(21-29(28)31)30-32-22-25(23-33-30)14-11-8-6-4-2/h19-24,26H,3-18H2,1-2H3. The van der Waals surface area contributed by atoms with E-state index in [-0.39, 0.29) is 5.82 Å². The van der Waals surface area contributed by atoms with Gasteiger partial charge < -0.3 is 0 Å². The average molecular weight is 453 g/mol. The Morgan fingerprint density at radius 1 is 0.788 bits per heavy atom. The maximum Gasteiger partial charge on any atom is 0.159 e. The number of benzene rings is 1. The van der Waals surface area contributed by atoms with Crippen molar-refractivity contribution in [1.29, 1.82) is 0 Å². The maximum atomic E-state index is 15.0. The number of aromatic nitrogens is 2. The fraction of sp³-hybridized carbons (Fsp3) is 0.667. The zero-order valence-corrected chi connectivity index (χ0v) is 21.1. The van der Waals surface area contributed by atoms with E-state index in [1.165, 1.54) is 89.0 Å². The highest BCUT2D eigenvalue weighted by Gasteiger charge is 2.24. The predicted octanol–water partition coefficient (Wildman–Crippen LogP) is 9.43.